The molecule has 0 radical (unpaired) electrons. The van der Waals surface area contributed by atoms with Gasteiger partial charge in [0.25, 0.3) is 0 Å². The van der Waals surface area contributed by atoms with E-state index in [1.807, 2.05) is 11.8 Å². The second-order valence-corrected chi connectivity index (χ2v) is 4.31. The van der Waals surface area contributed by atoms with Crippen molar-refractivity contribution in [2.24, 2.45) is 5.92 Å². The van der Waals surface area contributed by atoms with E-state index in [9.17, 15) is 9.59 Å². The Morgan fingerprint density at radius 3 is 2.73 bits per heavy atom. The van der Waals surface area contributed by atoms with Crippen LogP contribution in [0.3, 0.4) is 0 Å². The first-order chi connectivity index (χ1) is 7.17. The Balaban J connectivity index is 2.22. The minimum Gasteiger partial charge on any atom is -0.342 e. The highest BCUT2D eigenvalue weighted by Gasteiger charge is 2.27. The van der Waals surface area contributed by atoms with Crippen LogP contribution >= 0.6 is 0 Å². The maximum Gasteiger partial charge on any atom is 0.222 e. The van der Waals surface area contributed by atoms with Gasteiger partial charge < -0.3 is 4.90 Å². The molecule has 1 aliphatic rings. The summed E-state index contributed by atoms with van der Waals surface area (Å²) in [4.78, 5) is 24.5. The third-order valence-electron chi connectivity index (χ3n) is 3.15. The SMILES string of the molecule is CCC(=O)CCCN1CC(CC)CC1=O. The molecular formula is C12H21NO2. The van der Waals surface area contributed by atoms with E-state index in [0.29, 0.717) is 31.0 Å². The zero-order valence-corrected chi connectivity index (χ0v) is 9.79. The standard InChI is InChI=1S/C12H21NO2/c1-3-10-8-12(15)13(9-10)7-5-6-11(14)4-2/h10H,3-9H2,1-2H3. The Kier molecular flexibility index (Phi) is 4.79. The van der Waals surface area contributed by atoms with Crippen LogP contribution < -0.4 is 0 Å². The van der Waals surface area contributed by atoms with Crippen LogP contribution in [-0.4, -0.2) is 29.7 Å². The van der Waals surface area contributed by atoms with Gasteiger partial charge in [-0.05, 0) is 12.3 Å². The largest absolute Gasteiger partial charge is 0.342 e. The zero-order chi connectivity index (χ0) is 11.3. The molecule has 1 aliphatic heterocycles. The summed E-state index contributed by atoms with van der Waals surface area (Å²) >= 11 is 0. The van der Waals surface area contributed by atoms with Gasteiger partial charge in [0.1, 0.15) is 5.78 Å². The molecule has 1 saturated heterocycles. The van der Waals surface area contributed by atoms with Crippen molar-refractivity contribution in [3.05, 3.63) is 0 Å². The van der Waals surface area contributed by atoms with Gasteiger partial charge >= 0.3 is 0 Å². The van der Waals surface area contributed by atoms with E-state index in [-0.39, 0.29) is 5.91 Å². The highest BCUT2D eigenvalue weighted by atomic mass is 16.2. The van der Waals surface area contributed by atoms with Gasteiger partial charge in [-0.3, -0.25) is 9.59 Å². The number of hydrogen-bond donors (Lipinski definition) is 0. The second-order valence-electron chi connectivity index (χ2n) is 4.31. The molecule has 0 aromatic heterocycles. The topological polar surface area (TPSA) is 37.4 Å². The van der Waals surface area contributed by atoms with E-state index in [1.54, 1.807) is 0 Å². The Bertz CT molecular complexity index is 238. The molecular weight excluding hydrogens is 190 g/mol. The summed E-state index contributed by atoms with van der Waals surface area (Å²) in [5.74, 6) is 1.11. The first kappa shape index (κ1) is 12.2. The normalized spacial score (nSPS) is 21.1. The molecule has 0 aromatic rings. The first-order valence-electron chi connectivity index (χ1n) is 5.96. The number of likely N-dealkylation sites (tertiary alicyclic amines) is 1. The molecule has 3 nitrogen and oxygen atoms in total. The molecule has 0 bridgehead atoms. The molecule has 1 atom stereocenters. The molecule has 0 saturated carbocycles. The summed E-state index contributed by atoms with van der Waals surface area (Å²) in [6, 6.07) is 0. The summed E-state index contributed by atoms with van der Waals surface area (Å²) in [6.07, 6.45) is 3.85. The number of ketones is 1. The van der Waals surface area contributed by atoms with Crippen molar-refractivity contribution in [2.75, 3.05) is 13.1 Å². The van der Waals surface area contributed by atoms with Gasteiger partial charge in [0.05, 0.1) is 0 Å². The minimum atomic E-state index is 0.269. The van der Waals surface area contributed by atoms with Crippen molar-refractivity contribution in [1.82, 2.24) is 4.90 Å². The molecule has 3 heteroatoms. The van der Waals surface area contributed by atoms with E-state index >= 15 is 0 Å². The number of Topliss-reactive ketones (excluding diaryl/α,β-unsaturated/α-hetero) is 1. The van der Waals surface area contributed by atoms with E-state index < -0.39 is 0 Å². The third kappa shape index (κ3) is 3.65. The lowest BCUT2D eigenvalue weighted by Gasteiger charge is -2.15. The predicted octanol–water partition coefficient (Wildman–Crippen LogP) is 2.00. The Morgan fingerprint density at radius 2 is 2.20 bits per heavy atom. The maximum atomic E-state index is 11.5. The third-order valence-corrected chi connectivity index (χ3v) is 3.15. The van der Waals surface area contributed by atoms with Crippen LogP contribution in [0, 0.1) is 5.92 Å². The van der Waals surface area contributed by atoms with Crippen LogP contribution in [-0.2, 0) is 9.59 Å². The number of carbonyl (C=O) groups is 2. The van der Waals surface area contributed by atoms with Crippen molar-refractivity contribution in [1.29, 1.82) is 0 Å². The van der Waals surface area contributed by atoms with Crippen LogP contribution in [0.4, 0.5) is 0 Å². The number of hydrogen-bond acceptors (Lipinski definition) is 2. The van der Waals surface area contributed by atoms with Gasteiger partial charge in [0, 0.05) is 32.4 Å². The average molecular weight is 211 g/mol. The van der Waals surface area contributed by atoms with Gasteiger partial charge in [-0.25, -0.2) is 0 Å². The van der Waals surface area contributed by atoms with Crippen LogP contribution in [0.5, 0.6) is 0 Å². The quantitative estimate of drug-likeness (QED) is 0.674. The van der Waals surface area contributed by atoms with Crippen molar-refractivity contribution in [2.45, 2.75) is 46.0 Å². The van der Waals surface area contributed by atoms with Crippen molar-refractivity contribution >= 4 is 11.7 Å². The van der Waals surface area contributed by atoms with E-state index in [0.717, 1.165) is 25.9 Å². The van der Waals surface area contributed by atoms with Crippen molar-refractivity contribution in [3.8, 4) is 0 Å². The van der Waals surface area contributed by atoms with Gasteiger partial charge in [-0.2, -0.15) is 0 Å². The van der Waals surface area contributed by atoms with E-state index in [4.69, 9.17) is 0 Å². The summed E-state index contributed by atoms with van der Waals surface area (Å²) in [5.41, 5.74) is 0. The fourth-order valence-corrected chi connectivity index (χ4v) is 1.99. The van der Waals surface area contributed by atoms with E-state index in [1.165, 1.54) is 0 Å². The fourth-order valence-electron chi connectivity index (χ4n) is 1.99. The minimum absolute atomic E-state index is 0.269. The maximum absolute atomic E-state index is 11.5. The number of amides is 1. The summed E-state index contributed by atoms with van der Waals surface area (Å²) in [7, 11) is 0. The zero-order valence-electron chi connectivity index (χ0n) is 9.79. The first-order valence-corrected chi connectivity index (χ1v) is 5.96. The molecule has 1 rings (SSSR count). The lowest BCUT2D eigenvalue weighted by molar-refractivity contribution is -0.128. The molecule has 15 heavy (non-hydrogen) atoms. The van der Waals surface area contributed by atoms with Crippen LogP contribution in [0.2, 0.25) is 0 Å². The van der Waals surface area contributed by atoms with Gasteiger partial charge in [0.15, 0.2) is 0 Å². The Hall–Kier alpha value is -0.860. The lowest BCUT2D eigenvalue weighted by Crippen LogP contribution is -2.26. The number of carbonyl (C=O) groups excluding carboxylic acids is 2. The molecule has 86 valence electrons. The molecule has 0 aliphatic carbocycles. The molecule has 1 heterocycles. The molecule has 0 spiro atoms. The second kappa shape index (κ2) is 5.89. The highest BCUT2D eigenvalue weighted by molar-refractivity contribution is 5.79. The number of nitrogens with zero attached hydrogens (tertiary/aromatic N) is 1. The lowest BCUT2D eigenvalue weighted by atomic mass is 10.1. The van der Waals surface area contributed by atoms with Gasteiger partial charge in [0.2, 0.25) is 5.91 Å². The molecule has 0 N–H and O–H groups in total. The molecule has 1 fully saturated rings. The molecule has 1 unspecified atom stereocenters. The highest BCUT2D eigenvalue weighted by Crippen LogP contribution is 2.20. The Morgan fingerprint density at radius 1 is 1.47 bits per heavy atom. The summed E-state index contributed by atoms with van der Waals surface area (Å²) in [6.45, 7) is 5.68. The summed E-state index contributed by atoms with van der Waals surface area (Å²) < 4.78 is 0. The molecule has 0 aromatic carbocycles. The average Bonchev–Trinajstić information content (AvgIpc) is 2.59. The van der Waals surface area contributed by atoms with Crippen LogP contribution in [0.1, 0.15) is 46.0 Å². The molecule has 1 amide bonds. The Labute approximate surface area is 91.8 Å². The van der Waals surface area contributed by atoms with Gasteiger partial charge in [-0.1, -0.05) is 20.3 Å². The fraction of sp³-hybridized carbons (Fsp3) is 0.833. The summed E-state index contributed by atoms with van der Waals surface area (Å²) in [5, 5.41) is 0. The van der Waals surface area contributed by atoms with Crippen molar-refractivity contribution in [3.63, 3.8) is 0 Å². The number of rotatable bonds is 6. The van der Waals surface area contributed by atoms with Gasteiger partial charge in [-0.15, -0.1) is 0 Å². The monoisotopic (exact) mass is 211 g/mol. The smallest absolute Gasteiger partial charge is 0.222 e. The van der Waals surface area contributed by atoms with Crippen molar-refractivity contribution < 1.29 is 9.59 Å². The van der Waals surface area contributed by atoms with Crippen LogP contribution in [0.15, 0.2) is 0 Å². The predicted molar refractivity (Wildman–Crippen MR) is 59.5 cm³/mol. The van der Waals surface area contributed by atoms with Crippen LogP contribution in [0.25, 0.3) is 0 Å². The van der Waals surface area contributed by atoms with E-state index in [2.05, 4.69) is 6.92 Å².